The lowest BCUT2D eigenvalue weighted by molar-refractivity contribution is 0.196. The van der Waals surface area contributed by atoms with Gasteiger partial charge in [-0.3, -0.25) is 10.7 Å². The predicted octanol–water partition coefficient (Wildman–Crippen LogP) is 1.74. The molecule has 1 aromatic rings. The summed E-state index contributed by atoms with van der Waals surface area (Å²) in [5.41, 5.74) is 6.58. The van der Waals surface area contributed by atoms with Gasteiger partial charge in [0.15, 0.2) is 5.79 Å². The molecule has 0 aliphatic carbocycles. The van der Waals surface area contributed by atoms with Crippen molar-refractivity contribution >= 4 is 0 Å². The molecule has 66 valence electrons. The second kappa shape index (κ2) is 3.19. The Hall–Kier alpha value is -0.960. The Morgan fingerprint density at radius 3 is 2.58 bits per heavy atom. The first-order chi connectivity index (χ1) is 5.54. The van der Waals surface area contributed by atoms with Crippen LogP contribution in [-0.2, 0) is 12.2 Å². The molecule has 0 aliphatic heterocycles. The zero-order chi connectivity index (χ0) is 9.19. The number of alkyl halides is 1. The van der Waals surface area contributed by atoms with Crippen LogP contribution in [-0.4, -0.2) is 4.98 Å². The molecule has 1 rings (SSSR count). The summed E-state index contributed by atoms with van der Waals surface area (Å²) in [5, 5.41) is 0. The maximum atomic E-state index is 13.1. The van der Waals surface area contributed by atoms with E-state index >= 15 is 0 Å². The molecule has 2 nitrogen and oxygen atoms in total. The van der Waals surface area contributed by atoms with Crippen molar-refractivity contribution in [2.75, 3.05) is 0 Å². The molecular formula is C9H13FN2. The van der Waals surface area contributed by atoms with Crippen molar-refractivity contribution in [3.63, 3.8) is 0 Å². The highest BCUT2D eigenvalue weighted by Gasteiger charge is 2.20. The molecule has 0 bridgehead atoms. The molecule has 0 amide bonds. The van der Waals surface area contributed by atoms with E-state index in [1.54, 1.807) is 12.3 Å². The summed E-state index contributed by atoms with van der Waals surface area (Å²) < 4.78 is 13.1. The maximum Gasteiger partial charge on any atom is 0.198 e. The third-order valence-corrected chi connectivity index (χ3v) is 1.73. The van der Waals surface area contributed by atoms with Crippen LogP contribution in [0.4, 0.5) is 4.39 Å². The van der Waals surface area contributed by atoms with Crippen LogP contribution >= 0.6 is 0 Å². The average Bonchev–Trinajstić information content (AvgIpc) is 2.03. The third-order valence-electron chi connectivity index (χ3n) is 1.73. The molecule has 0 radical (unpaired) electrons. The molecule has 1 aromatic heterocycles. The van der Waals surface area contributed by atoms with Crippen molar-refractivity contribution in [1.82, 2.24) is 4.98 Å². The number of nitrogens with two attached hydrogens (primary N) is 1. The second-order valence-electron chi connectivity index (χ2n) is 2.98. The number of nitrogens with zero attached hydrogens (tertiary/aromatic N) is 1. The molecule has 0 aromatic carbocycles. The number of hydrogen-bond acceptors (Lipinski definition) is 2. The van der Waals surface area contributed by atoms with E-state index in [9.17, 15) is 4.39 Å². The fourth-order valence-electron chi connectivity index (χ4n) is 0.923. The summed E-state index contributed by atoms with van der Waals surface area (Å²) in [7, 11) is 0. The van der Waals surface area contributed by atoms with Crippen LogP contribution in [0.5, 0.6) is 0 Å². The van der Waals surface area contributed by atoms with Crippen molar-refractivity contribution in [2.24, 2.45) is 5.73 Å². The first-order valence-electron chi connectivity index (χ1n) is 3.97. The van der Waals surface area contributed by atoms with Gasteiger partial charge in [0.25, 0.3) is 0 Å². The summed E-state index contributed by atoms with van der Waals surface area (Å²) in [5.74, 6) is -1.83. The molecular weight excluding hydrogens is 155 g/mol. The van der Waals surface area contributed by atoms with Gasteiger partial charge in [-0.15, -0.1) is 0 Å². The number of pyridine rings is 1. The predicted molar refractivity (Wildman–Crippen MR) is 46.3 cm³/mol. The number of aromatic nitrogens is 1. The van der Waals surface area contributed by atoms with Crippen LogP contribution in [0.1, 0.15) is 25.1 Å². The number of rotatable bonds is 2. The van der Waals surface area contributed by atoms with Gasteiger partial charge in [-0.05, 0) is 25.0 Å². The molecule has 1 atom stereocenters. The van der Waals surface area contributed by atoms with Gasteiger partial charge in [-0.25, -0.2) is 4.39 Å². The fraction of sp³-hybridized carbons (Fsp3) is 0.444. The van der Waals surface area contributed by atoms with E-state index in [1.165, 1.54) is 6.92 Å². The van der Waals surface area contributed by atoms with Crippen molar-refractivity contribution in [3.8, 4) is 0 Å². The Labute approximate surface area is 71.6 Å². The lowest BCUT2D eigenvalue weighted by Gasteiger charge is -2.12. The normalized spacial score (nSPS) is 15.7. The standard InChI is InChI=1S/C9H13FN2/c1-3-7-4-5-8(12-6-7)9(2,10)11/h4-6H,3,11H2,1-2H3. The van der Waals surface area contributed by atoms with Gasteiger partial charge in [-0.2, -0.15) is 0 Å². The van der Waals surface area contributed by atoms with Crippen molar-refractivity contribution in [2.45, 2.75) is 26.1 Å². The Kier molecular flexibility index (Phi) is 2.43. The van der Waals surface area contributed by atoms with Gasteiger partial charge in [0.1, 0.15) is 0 Å². The van der Waals surface area contributed by atoms with Crippen LogP contribution in [0.15, 0.2) is 18.3 Å². The summed E-state index contributed by atoms with van der Waals surface area (Å²) >= 11 is 0. The van der Waals surface area contributed by atoms with E-state index in [1.807, 2.05) is 13.0 Å². The minimum absolute atomic E-state index is 0.278. The summed E-state index contributed by atoms with van der Waals surface area (Å²) in [4.78, 5) is 3.92. The minimum Gasteiger partial charge on any atom is -0.294 e. The van der Waals surface area contributed by atoms with Gasteiger partial charge in [0.05, 0.1) is 5.69 Å². The molecule has 12 heavy (non-hydrogen) atoms. The summed E-state index contributed by atoms with van der Waals surface area (Å²) in [6.45, 7) is 3.31. The Balaban J connectivity index is 2.93. The van der Waals surface area contributed by atoms with Crippen molar-refractivity contribution in [3.05, 3.63) is 29.6 Å². The number of aryl methyl sites for hydroxylation is 1. The molecule has 0 aliphatic rings. The van der Waals surface area contributed by atoms with E-state index in [0.717, 1.165) is 12.0 Å². The monoisotopic (exact) mass is 168 g/mol. The van der Waals surface area contributed by atoms with Gasteiger partial charge >= 0.3 is 0 Å². The quantitative estimate of drug-likeness (QED) is 0.683. The lowest BCUT2D eigenvalue weighted by Crippen LogP contribution is -2.28. The highest BCUT2D eigenvalue weighted by atomic mass is 19.1. The fourth-order valence-corrected chi connectivity index (χ4v) is 0.923. The Bertz CT molecular complexity index is 248. The van der Waals surface area contributed by atoms with E-state index in [-0.39, 0.29) is 5.69 Å². The first kappa shape index (κ1) is 9.13. The smallest absolute Gasteiger partial charge is 0.198 e. The van der Waals surface area contributed by atoms with Crippen LogP contribution in [0, 0.1) is 0 Å². The van der Waals surface area contributed by atoms with Gasteiger partial charge in [-0.1, -0.05) is 13.0 Å². The highest BCUT2D eigenvalue weighted by molar-refractivity contribution is 5.17. The molecule has 0 saturated carbocycles. The van der Waals surface area contributed by atoms with Crippen molar-refractivity contribution < 1.29 is 4.39 Å². The largest absolute Gasteiger partial charge is 0.294 e. The minimum atomic E-state index is -1.83. The molecule has 0 spiro atoms. The van der Waals surface area contributed by atoms with Gasteiger partial charge in [0, 0.05) is 6.20 Å². The van der Waals surface area contributed by atoms with Crippen molar-refractivity contribution in [1.29, 1.82) is 0 Å². The summed E-state index contributed by atoms with van der Waals surface area (Å²) in [6, 6.07) is 3.46. The highest BCUT2D eigenvalue weighted by Crippen LogP contribution is 2.16. The third kappa shape index (κ3) is 2.01. The molecule has 1 heterocycles. The van der Waals surface area contributed by atoms with E-state index < -0.39 is 5.79 Å². The van der Waals surface area contributed by atoms with Gasteiger partial charge in [0.2, 0.25) is 0 Å². The van der Waals surface area contributed by atoms with E-state index in [4.69, 9.17) is 5.73 Å². The topological polar surface area (TPSA) is 38.9 Å². The maximum absolute atomic E-state index is 13.1. The Morgan fingerprint density at radius 1 is 1.58 bits per heavy atom. The van der Waals surface area contributed by atoms with Crippen LogP contribution in [0.2, 0.25) is 0 Å². The number of hydrogen-bond donors (Lipinski definition) is 1. The molecule has 1 unspecified atom stereocenters. The number of halogens is 1. The lowest BCUT2D eigenvalue weighted by atomic mass is 10.1. The van der Waals surface area contributed by atoms with Crippen LogP contribution < -0.4 is 5.73 Å². The molecule has 2 N–H and O–H groups in total. The zero-order valence-electron chi connectivity index (χ0n) is 7.34. The summed E-state index contributed by atoms with van der Waals surface area (Å²) in [6.07, 6.45) is 2.56. The van der Waals surface area contributed by atoms with Crippen LogP contribution in [0.3, 0.4) is 0 Å². The molecule has 0 fully saturated rings. The SMILES string of the molecule is CCc1ccc(C(C)(N)F)nc1. The first-order valence-corrected chi connectivity index (χ1v) is 3.97. The van der Waals surface area contributed by atoms with Gasteiger partial charge < -0.3 is 0 Å². The average molecular weight is 168 g/mol. The van der Waals surface area contributed by atoms with E-state index in [2.05, 4.69) is 4.98 Å². The van der Waals surface area contributed by atoms with Crippen LogP contribution in [0.25, 0.3) is 0 Å². The molecule has 3 heteroatoms. The van der Waals surface area contributed by atoms with E-state index in [0.29, 0.717) is 0 Å². The second-order valence-corrected chi connectivity index (χ2v) is 2.98. The molecule has 0 saturated heterocycles. The zero-order valence-corrected chi connectivity index (χ0v) is 7.34. The Morgan fingerprint density at radius 2 is 2.25 bits per heavy atom.